The molecule has 0 spiro atoms. The second kappa shape index (κ2) is 9.83. The van der Waals surface area contributed by atoms with Gasteiger partial charge < -0.3 is 4.42 Å². The summed E-state index contributed by atoms with van der Waals surface area (Å²) in [6, 6.07) is 51.2. The second-order valence-corrected chi connectivity index (χ2v) is 12.7. The monoisotopic (exact) mass is 604 g/mol. The van der Waals surface area contributed by atoms with Crippen molar-refractivity contribution >= 4 is 75.1 Å². The van der Waals surface area contributed by atoms with Crippen molar-refractivity contribution in [2.45, 2.75) is 0 Å². The van der Waals surface area contributed by atoms with Crippen molar-refractivity contribution in [1.82, 2.24) is 9.97 Å². The molecule has 0 bridgehead atoms. The van der Waals surface area contributed by atoms with Crippen LogP contribution in [0.25, 0.3) is 97.6 Å². The number of nitrogens with zero attached hydrogens (tertiary/aromatic N) is 2. The minimum Gasteiger partial charge on any atom is -0.455 e. The maximum atomic E-state index is 6.77. The van der Waals surface area contributed by atoms with Gasteiger partial charge in [-0.2, -0.15) is 0 Å². The number of benzene rings is 7. The van der Waals surface area contributed by atoms with E-state index in [-0.39, 0.29) is 0 Å². The van der Waals surface area contributed by atoms with Gasteiger partial charge in [0, 0.05) is 37.5 Å². The quantitative estimate of drug-likeness (QED) is 0.188. The highest BCUT2D eigenvalue weighted by Crippen LogP contribution is 2.44. The van der Waals surface area contributed by atoms with Crippen molar-refractivity contribution in [2.24, 2.45) is 0 Å². The van der Waals surface area contributed by atoms with Crippen molar-refractivity contribution in [2.75, 3.05) is 0 Å². The third-order valence-electron chi connectivity index (χ3n) is 9.09. The number of rotatable bonds is 3. The first-order chi connectivity index (χ1) is 22.8. The lowest BCUT2D eigenvalue weighted by Crippen LogP contribution is -1.94. The molecule has 3 nitrogen and oxygen atoms in total. The van der Waals surface area contributed by atoms with Gasteiger partial charge in [-0.1, -0.05) is 127 Å². The normalized spacial score (nSPS) is 11.9. The van der Waals surface area contributed by atoms with E-state index in [2.05, 4.69) is 133 Å². The summed E-state index contributed by atoms with van der Waals surface area (Å²) in [6.45, 7) is 0. The maximum absolute atomic E-state index is 6.77. The standard InChI is InChI=1S/C42H24N2OS/c1-2-12-25(13-3-1)38-41-39(31-18-8-9-23-36(31)46-41)44-42(43-38)33-21-11-22-35-37(33)32-20-10-19-30(40(32)45-35)34-24-26-14-4-5-15-27(26)28-16-6-7-17-29(28)34/h1-24H. The number of aromatic nitrogens is 2. The average Bonchev–Trinajstić information content (AvgIpc) is 3.70. The molecule has 7 aromatic carbocycles. The first kappa shape index (κ1) is 25.5. The van der Waals surface area contributed by atoms with Gasteiger partial charge >= 0.3 is 0 Å². The minimum absolute atomic E-state index is 0.699. The topological polar surface area (TPSA) is 38.9 Å². The van der Waals surface area contributed by atoms with Crippen LogP contribution in [0.5, 0.6) is 0 Å². The molecule has 3 heterocycles. The molecule has 3 aromatic heterocycles. The van der Waals surface area contributed by atoms with Crippen molar-refractivity contribution in [3.8, 4) is 33.8 Å². The number of hydrogen-bond donors (Lipinski definition) is 0. The summed E-state index contributed by atoms with van der Waals surface area (Å²) in [5.74, 6) is 0.699. The molecule has 10 rings (SSSR count). The lowest BCUT2D eigenvalue weighted by molar-refractivity contribution is 0.670. The molecular weight excluding hydrogens is 581 g/mol. The third kappa shape index (κ3) is 3.71. The SMILES string of the molecule is c1ccc(-c2nc(-c3cccc4oc5c(-c6cc7ccccc7c7ccccc67)cccc5c34)nc3c2sc2ccccc23)cc1. The van der Waals surface area contributed by atoms with E-state index in [1.807, 2.05) is 12.1 Å². The van der Waals surface area contributed by atoms with Gasteiger partial charge in [0.15, 0.2) is 5.82 Å². The van der Waals surface area contributed by atoms with Crippen molar-refractivity contribution in [3.05, 3.63) is 146 Å². The zero-order chi connectivity index (χ0) is 30.2. The van der Waals surface area contributed by atoms with E-state index in [0.29, 0.717) is 5.82 Å². The summed E-state index contributed by atoms with van der Waals surface area (Å²) in [4.78, 5) is 10.6. The molecule has 0 amide bonds. The van der Waals surface area contributed by atoms with E-state index in [1.54, 1.807) is 11.3 Å². The zero-order valence-electron chi connectivity index (χ0n) is 24.6. The van der Waals surface area contributed by atoms with Gasteiger partial charge in [0.25, 0.3) is 0 Å². The van der Waals surface area contributed by atoms with E-state index >= 15 is 0 Å². The molecule has 0 saturated heterocycles. The molecule has 0 aliphatic rings. The number of hydrogen-bond acceptors (Lipinski definition) is 4. The molecular formula is C42H24N2OS. The van der Waals surface area contributed by atoms with Crippen LogP contribution in [-0.4, -0.2) is 9.97 Å². The largest absolute Gasteiger partial charge is 0.455 e. The van der Waals surface area contributed by atoms with Crippen LogP contribution in [0.4, 0.5) is 0 Å². The summed E-state index contributed by atoms with van der Waals surface area (Å²) < 4.78 is 9.08. The smallest absolute Gasteiger partial charge is 0.161 e. The Morgan fingerprint density at radius 1 is 0.500 bits per heavy atom. The van der Waals surface area contributed by atoms with Crippen LogP contribution in [0, 0.1) is 0 Å². The maximum Gasteiger partial charge on any atom is 0.161 e. The highest BCUT2D eigenvalue weighted by molar-refractivity contribution is 7.26. The van der Waals surface area contributed by atoms with Crippen LogP contribution in [0.1, 0.15) is 0 Å². The molecule has 0 radical (unpaired) electrons. The highest BCUT2D eigenvalue weighted by atomic mass is 32.1. The minimum atomic E-state index is 0.699. The summed E-state index contributed by atoms with van der Waals surface area (Å²) in [5, 5.41) is 8.15. The van der Waals surface area contributed by atoms with Gasteiger partial charge in [0.2, 0.25) is 0 Å². The Balaban J connectivity index is 1.27. The summed E-state index contributed by atoms with van der Waals surface area (Å²) in [5.41, 5.74) is 7.91. The van der Waals surface area contributed by atoms with Crippen LogP contribution in [0.3, 0.4) is 0 Å². The van der Waals surface area contributed by atoms with Gasteiger partial charge in [-0.05, 0) is 45.3 Å². The molecule has 4 heteroatoms. The van der Waals surface area contributed by atoms with Crippen LogP contribution in [0.2, 0.25) is 0 Å². The van der Waals surface area contributed by atoms with Gasteiger partial charge in [-0.3, -0.25) is 0 Å². The molecule has 10 aromatic rings. The Kier molecular flexibility index (Phi) is 5.45. The van der Waals surface area contributed by atoms with E-state index < -0.39 is 0 Å². The molecule has 0 aliphatic heterocycles. The zero-order valence-corrected chi connectivity index (χ0v) is 25.4. The molecule has 0 unspecified atom stereocenters. The van der Waals surface area contributed by atoms with Gasteiger partial charge in [0.05, 0.1) is 15.9 Å². The molecule has 0 aliphatic carbocycles. The highest BCUT2D eigenvalue weighted by Gasteiger charge is 2.21. The lowest BCUT2D eigenvalue weighted by Gasteiger charge is -2.11. The van der Waals surface area contributed by atoms with Crippen LogP contribution >= 0.6 is 11.3 Å². The van der Waals surface area contributed by atoms with Gasteiger partial charge in [-0.25, -0.2) is 9.97 Å². The van der Waals surface area contributed by atoms with Crippen LogP contribution < -0.4 is 0 Å². The Morgan fingerprint density at radius 3 is 2.09 bits per heavy atom. The Labute approximate surface area is 268 Å². The first-order valence-electron chi connectivity index (χ1n) is 15.4. The molecule has 0 saturated carbocycles. The second-order valence-electron chi connectivity index (χ2n) is 11.7. The summed E-state index contributed by atoms with van der Waals surface area (Å²) in [6.07, 6.45) is 0. The lowest BCUT2D eigenvalue weighted by atomic mass is 9.92. The average molecular weight is 605 g/mol. The van der Waals surface area contributed by atoms with E-state index in [4.69, 9.17) is 14.4 Å². The molecule has 46 heavy (non-hydrogen) atoms. The number of thiophene rings is 1. The predicted octanol–water partition coefficient (Wildman–Crippen LogP) is 12.1. The molecule has 0 N–H and O–H groups in total. The third-order valence-corrected chi connectivity index (χ3v) is 10.3. The van der Waals surface area contributed by atoms with Crippen molar-refractivity contribution in [3.63, 3.8) is 0 Å². The molecule has 214 valence electrons. The Bertz CT molecular complexity index is 2810. The van der Waals surface area contributed by atoms with Crippen LogP contribution in [0.15, 0.2) is 150 Å². The predicted molar refractivity (Wildman–Crippen MR) is 194 cm³/mol. The Morgan fingerprint density at radius 2 is 1.20 bits per heavy atom. The fraction of sp³-hybridized carbons (Fsp3) is 0. The number of para-hydroxylation sites is 1. The van der Waals surface area contributed by atoms with Crippen LogP contribution in [-0.2, 0) is 0 Å². The van der Waals surface area contributed by atoms with Gasteiger partial charge in [-0.15, -0.1) is 11.3 Å². The Hall–Kier alpha value is -5.84. The number of furan rings is 1. The summed E-state index contributed by atoms with van der Waals surface area (Å²) in [7, 11) is 0. The molecule has 0 fully saturated rings. The van der Waals surface area contributed by atoms with E-state index in [1.165, 1.54) is 26.2 Å². The fourth-order valence-corrected chi connectivity index (χ4v) is 8.18. The number of fused-ring (bicyclic) bond motifs is 9. The van der Waals surface area contributed by atoms with Crippen molar-refractivity contribution in [1.29, 1.82) is 0 Å². The van der Waals surface area contributed by atoms with Gasteiger partial charge in [0.1, 0.15) is 11.2 Å². The van der Waals surface area contributed by atoms with Crippen molar-refractivity contribution < 1.29 is 4.42 Å². The molecule has 0 atom stereocenters. The van der Waals surface area contributed by atoms with E-state index in [0.717, 1.165) is 65.5 Å². The fourth-order valence-electron chi connectivity index (χ4n) is 7.03. The summed E-state index contributed by atoms with van der Waals surface area (Å²) >= 11 is 1.75. The first-order valence-corrected chi connectivity index (χ1v) is 16.2. The van der Waals surface area contributed by atoms with E-state index in [9.17, 15) is 0 Å².